The molecule has 2 fully saturated rings. The topological polar surface area (TPSA) is 121 Å². The lowest BCUT2D eigenvalue weighted by atomic mass is 10.1. The predicted octanol–water partition coefficient (Wildman–Crippen LogP) is 2.72. The van der Waals surface area contributed by atoms with Crippen molar-refractivity contribution >= 4 is 56.5 Å². The molecule has 0 atom stereocenters. The van der Waals surface area contributed by atoms with E-state index in [2.05, 4.69) is 15.9 Å². The maximum atomic E-state index is 12.5. The zero-order valence-electron chi connectivity index (χ0n) is 13.9. The Morgan fingerprint density at radius 1 is 1.33 bits per heavy atom. The number of benzene rings is 1. The number of nitro groups is 1. The number of carbonyl (C=O) groups excluding carboxylic acids is 3. The van der Waals surface area contributed by atoms with Crippen LogP contribution in [0.1, 0.15) is 18.4 Å². The summed E-state index contributed by atoms with van der Waals surface area (Å²) >= 11 is 3.69. The van der Waals surface area contributed by atoms with Crippen LogP contribution in [-0.2, 0) is 9.59 Å². The molecular weight excluding hydrogens is 442 g/mol. The Bertz CT molecular complexity index is 881. The normalized spacial score (nSPS) is 18.6. The first-order chi connectivity index (χ1) is 12.8. The molecule has 1 N–H and O–H groups in total. The molecule has 0 aromatic heterocycles. The van der Waals surface area contributed by atoms with E-state index in [-0.39, 0.29) is 27.4 Å². The van der Waals surface area contributed by atoms with Crippen LogP contribution < -0.4 is 0 Å². The predicted molar refractivity (Wildman–Crippen MR) is 101 cm³/mol. The molecule has 0 saturated carbocycles. The van der Waals surface area contributed by atoms with Crippen LogP contribution in [0.25, 0.3) is 6.08 Å². The quantitative estimate of drug-likeness (QED) is 0.420. The molecule has 1 aromatic rings. The number of likely N-dealkylation sites (tertiary alicyclic amines) is 1. The van der Waals surface area contributed by atoms with E-state index in [1.807, 2.05) is 0 Å². The van der Waals surface area contributed by atoms with E-state index in [0.29, 0.717) is 24.9 Å². The summed E-state index contributed by atoms with van der Waals surface area (Å²) in [5.41, 5.74) is -0.262. The van der Waals surface area contributed by atoms with E-state index < -0.39 is 27.5 Å². The smallest absolute Gasteiger partial charge is 0.312 e. The fourth-order valence-electron chi connectivity index (χ4n) is 2.82. The fraction of sp³-hybridized carbons (Fsp3) is 0.312. The van der Waals surface area contributed by atoms with Crippen molar-refractivity contribution in [1.29, 1.82) is 0 Å². The number of imide groups is 1. The van der Waals surface area contributed by atoms with Crippen LogP contribution in [-0.4, -0.2) is 56.5 Å². The highest BCUT2D eigenvalue weighted by atomic mass is 79.9. The summed E-state index contributed by atoms with van der Waals surface area (Å²) in [6.07, 6.45) is 3.13. The Morgan fingerprint density at radius 2 is 2.00 bits per heavy atom. The average molecular weight is 456 g/mol. The molecule has 3 amide bonds. The van der Waals surface area contributed by atoms with E-state index >= 15 is 0 Å². The van der Waals surface area contributed by atoms with Gasteiger partial charge in [0.25, 0.3) is 11.1 Å². The summed E-state index contributed by atoms with van der Waals surface area (Å²) in [4.78, 5) is 49.6. The lowest BCUT2D eigenvalue weighted by Crippen LogP contribution is -2.40. The van der Waals surface area contributed by atoms with Crippen LogP contribution >= 0.6 is 27.7 Å². The maximum absolute atomic E-state index is 12.5. The van der Waals surface area contributed by atoms with Crippen LogP contribution in [0.4, 0.5) is 10.5 Å². The Morgan fingerprint density at radius 3 is 2.63 bits per heavy atom. The number of thioether (sulfide) groups is 1. The van der Waals surface area contributed by atoms with Crippen molar-refractivity contribution in [3.8, 4) is 5.75 Å². The van der Waals surface area contributed by atoms with E-state index in [1.54, 1.807) is 4.90 Å². The van der Waals surface area contributed by atoms with Crippen molar-refractivity contribution in [2.75, 3.05) is 19.6 Å². The van der Waals surface area contributed by atoms with Crippen LogP contribution in [0, 0.1) is 10.1 Å². The van der Waals surface area contributed by atoms with Crippen molar-refractivity contribution < 1.29 is 24.4 Å². The molecule has 2 aliphatic rings. The van der Waals surface area contributed by atoms with Crippen LogP contribution in [0.5, 0.6) is 5.75 Å². The second kappa shape index (κ2) is 7.69. The Labute approximate surface area is 166 Å². The molecule has 0 radical (unpaired) electrons. The Kier molecular flexibility index (Phi) is 5.51. The summed E-state index contributed by atoms with van der Waals surface area (Å²) in [6, 6.07) is 2.50. The fourth-order valence-corrected chi connectivity index (χ4v) is 4.12. The standard InChI is InChI=1S/C16H14BrN3O6S/c17-10-5-9(6-11(14(10)22)20(25)26)7-12-15(23)19(16(24)27-12)8-13(21)18-3-1-2-4-18/h5-7,22H,1-4,8H2/b12-7+. The van der Waals surface area contributed by atoms with Gasteiger partial charge in [0, 0.05) is 19.2 Å². The molecule has 0 spiro atoms. The Balaban J connectivity index is 1.82. The van der Waals surface area contributed by atoms with Gasteiger partial charge >= 0.3 is 5.69 Å². The summed E-state index contributed by atoms with van der Waals surface area (Å²) in [6.45, 7) is 0.924. The van der Waals surface area contributed by atoms with Gasteiger partial charge in [0.15, 0.2) is 0 Å². The molecule has 3 rings (SSSR count). The highest BCUT2D eigenvalue weighted by Crippen LogP contribution is 2.38. The Hall–Kier alpha value is -2.40. The van der Waals surface area contributed by atoms with Crippen molar-refractivity contribution in [3.63, 3.8) is 0 Å². The second-order valence-corrected chi connectivity index (χ2v) is 7.83. The summed E-state index contributed by atoms with van der Waals surface area (Å²) in [5, 5.41) is 20.1. The van der Waals surface area contributed by atoms with Crippen LogP contribution in [0.3, 0.4) is 0 Å². The van der Waals surface area contributed by atoms with Gasteiger partial charge in [-0.3, -0.25) is 29.4 Å². The minimum atomic E-state index is -0.752. The third-order valence-corrected chi connectivity index (χ3v) is 5.70. The van der Waals surface area contributed by atoms with Crippen molar-refractivity contribution in [3.05, 3.63) is 37.2 Å². The minimum Gasteiger partial charge on any atom is -0.501 e. The zero-order valence-corrected chi connectivity index (χ0v) is 16.3. The molecule has 1 aromatic carbocycles. The number of hydrogen-bond acceptors (Lipinski definition) is 7. The molecule has 27 heavy (non-hydrogen) atoms. The number of nitro benzene ring substituents is 1. The first-order valence-corrected chi connectivity index (χ1v) is 9.59. The third kappa shape index (κ3) is 3.98. The number of nitrogens with zero attached hydrogens (tertiary/aromatic N) is 3. The second-order valence-electron chi connectivity index (χ2n) is 5.98. The number of amides is 3. The van der Waals surface area contributed by atoms with E-state index in [9.17, 15) is 29.6 Å². The third-order valence-electron chi connectivity index (χ3n) is 4.19. The van der Waals surface area contributed by atoms with Gasteiger partial charge in [-0.1, -0.05) is 0 Å². The highest BCUT2D eigenvalue weighted by Gasteiger charge is 2.37. The zero-order chi connectivity index (χ0) is 19.7. The van der Waals surface area contributed by atoms with Crippen molar-refractivity contribution in [1.82, 2.24) is 9.80 Å². The largest absolute Gasteiger partial charge is 0.501 e. The van der Waals surface area contributed by atoms with Gasteiger partial charge in [-0.15, -0.1) is 0 Å². The van der Waals surface area contributed by atoms with Crippen molar-refractivity contribution in [2.45, 2.75) is 12.8 Å². The van der Waals surface area contributed by atoms with Gasteiger partial charge in [-0.05, 0) is 58.2 Å². The number of phenols is 1. The lowest BCUT2D eigenvalue weighted by Gasteiger charge is -2.18. The number of carbonyl (C=O) groups is 3. The number of rotatable bonds is 4. The molecule has 0 bridgehead atoms. The van der Waals surface area contributed by atoms with Crippen LogP contribution in [0.15, 0.2) is 21.5 Å². The summed E-state index contributed by atoms with van der Waals surface area (Å²) in [5.74, 6) is -1.43. The average Bonchev–Trinajstić information content (AvgIpc) is 3.22. The van der Waals surface area contributed by atoms with Crippen LogP contribution in [0.2, 0.25) is 0 Å². The molecule has 11 heteroatoms. The number of halogens is 1. The van der Waals surface area contributed by atoms with Gasteiger partial charge in [-0.25, -0.2) is 0 Å². The monoisotopic (exact) mass is 455 g/mol. The minimum absolute atomic E-state index is 0.0566. The molecule has 2 saturated heterocycles. The molecule has 142 valence electrons. The first-order valence-electron chi connectivity index (χ1n) is 7.98. The van der Waals surface area contributed by atoms with E-state index in [4.69, 9.17) is 0 Å². The van der Waals surface area contributed by atoms with Gasteiger partial charge in [0.05, 0.1) is 14.3 Å². The van der Waals surface area contributed by atoms with Gasteiger partial charge < -0.3 is 10.0 Å². The molecular formula is C16H14BrN3O6S. The highest BCUT2D eigenvalue weighted by molar-refractivity contribution is 9.10. The first kappa shape index (κ1) is 19.4. The molecule has 2 heterocycles. The van der Waals surface area contributed by atoms with Gasteiger partial charge in [0.2, 0.25) is 11.7 Å². The molecule has 9 nitrogen and oxygen atoms in total. The van der Waals surface area contributed by atoms with Gasteiger partial charge in [-0.2, -0.15) is 0 Å². The van der Waals surface area contributed by atoms with Crippen molar-refractivity contribution in [2.24, 2.45) is 0 Å². The maximum Gasteiger partial charge on any atom is 0.312 e. The number of hydrogen-bond donors (Lipinski definition) is 1. The summed E-state index contributed by atoms with van der Waals surface area (Å²) in [7, 11) is 0. The molecule has 0 aliphatic carbocycles. The molecule has 0 unspecified atom stereocenters. The summed E-state index contributed by atoms with van der Waals surface area (Å²) < 4.78 is 0.0892. The SMILES string of the molecule is O=C(CN1C(=O)S/C(=C/c2cc(Br)c(O)c([N+](=O)[O-])c2)C1=O)N1CCCC1. The number of aromatic hydroxyl groups is 1. The van der Waals surface area contributed by atoms with Gasteiger partial charge in [0.1, 0.15) is 6.54 Å². The van der Waals surface area contributed by atoms with E-state index in [0.717, 1.165) is 23.8 Å². The van der Waals surface area contributed by atoms with E-state index in [1.165, 1.54) is 12.1 Å². The lowest BCUT2D eigenvalue weighted by molar-refractivity contribution is -0.386. The number of phenolic OH excluding ortho intramolecular Hbond substituents is 1. The molecule has 2 aliphatic heterocycles.